The average Bonchev–Trinajstić information content (AvgIpc) is 3.10. The van der Waals surface area contributed by atoms with Crippen LogP contribution in [0.4, 0.5) is 10.5 Å². The van der Waals surface area contributed by atoms with Crippen LogP contribution < -0.4 is 10.1 Å². The number of rotatable bonds is 5. The smallest absolute Gasteiger partial charge is 0.411 e. The lowest BCUT2D eigenvalue weighted by molar-refractivity contribution is -0.157. The van der Waals surface area contributed by atoms with Crippen LogP contribution in [0.1, 0.15) is 46.1 Å². The van der Waals surface area contributed by atoms with E-state index in [2.05, 4.69) is 5.32 Å². The van der Waals surface area contributed by atoms with Crippen molar-refractivity contribution in [3.8, 4) is 5.75 Å². The number of nitrogens with zero attached hydrogens (tertiary/aromatic N) is 1. The largest absolute Gasteiger partial charge is 0.495 e. The van der Waals surface area contributed by atoms with Crippen LogP contribution in [0.2, 0.25) is 0 Å². The molecule has 0 bridgehead atoms. The monoisotopic (exact) mass is 406 g/mol. The van der Waals surface area contributed by atoms with Crippen LogP contribution in [0.3, 0.4) is 0 Å². The fourth-order valence-corrected chi connectivity index (χ4v) is 3.01. The lowest BCUT2D eigenvalue weighted by atomic mass is 10.2. The fraction of sp³-hybridized carbons (Fsp3) is 0.571. The van der Waals surface area contributed by atoms with E-state index in [1.807, 2.05) is 13.0 Å². The van der Waals surface area contributed by atoms with Crippen LogP contribution in [-0.2, 0) is 19.1 Å². The molecule has 0 unspecified atom stereocenters. The highest BCUT2D eigenvalue weighted by Crippen LogP contribution is 2.26. The van der Waals surface area contributed by atoms with E-state index < -0.39 is 35.7 Å². The number of esters is 1. The highest BCUT2D eigenvalue weighted by atomic mass is 16.6. The summed E-state index contributed by atoms with van der Waals surface area (Å²) >= 11 is 0. The van der Waals surface area contributed by atoms with Gasteiger partial charge in [0.25, 0.3) is 5.91 Å². The average molecular weight is 406 g/mol. The summed E-state index contributed by atoms with van der Waals surface area (Å²) in [5.41, 5.74) is 0.787. The van der Waals surface area contributed by atoms with Crippen molar-refractivity contribution < 1.29 is 28.6 Å². The Morgan fingerprint density at radius 3 is 2.55 bits per heavy atom. The molecule has 1 aliphatic rings. The number of amides is 2. The summed E-state index contributed by atoms with van der Waals surface area (Å²) in [7, 11) is 1.51. The number of hydrogen-bond acceptors (Lipinski definition) is 6. The lowest BCUT2D eigenvalue weighted by Crippen LogP contribution is -2.45. The van der Waals surface area contributed by atoms with Gasteiger partial charge >= 0.3 is 12.1 Å². The Morgan fingerprint density at radius 1 is 1.24 bits per heavy atom. The van der Waals surface area contributed by atoms with Crippen LogP contribution >= 0.6 is 0 Å². The highest BCUT2D eigenvalue weighted by molar-refractivity contribution is 5.96. The Hall–Kier alpha value is -2.77. The number of aryl methyl sites for hydroxylation is 1. The van der Waals surface area contributed by atoms with Crippen molar-refractivity contribution in [3.63, 3.8) is 0 Å². The number of ether oxygens (including phenoxy) is 3. The predicted octanol–water partition coefficient (Wildman–Crippen LogP) is 3.27. The summed E-state index contributed by atoms with van der Waals surface area (Å²) in [6, 6.07) is 4.63. The fourth-order valence-electron chi connectivity index (χ4n) is 3.01. The van der Waals surface area contributed by atoms with Crippen molar-refractivity contribution in [1.82, 2.24) is 4.90 Å². The topological polar surface area (TPSA) is 94.2 Å². The number of carbonyl (C=O) groups excluding carboxylic acids is 3. The molecule has 0 radical (unpaired) electrons. The Balaban J connectivity index is 1.99. The second-order valence-electron chi connectivity index (χ2n) is 8.10. The third-order valence-electron chi connectivity index (χ3n) is 4.43. The predicted molar refractivity (Wildman–Crippen MR) is 108 cm³/mol. The number of carbonyl (C=O) groups is 3. The first-order valence-electron chi connectivity index (χ1n) is 9.67. The van der Waals surface area contributed by atoms with Crippen molar-refractivity contribution in [2.75, 3.05) is 19.0 Å². The molecule has 0 aliphatic carbocycles. The van der Waals surface area contributed by atoms with Gasteiger partial charge < -0.3 is 19.5 Å². The van der Waals surface area contributed by atoms with Gasteiger partial charge in [-0.25, -0.2) is 9.59 Å². The molecule has 2 amide bonds. The molecule has 0 saturated carbocycles. The number of benzene rings is 1. The maximum atomic E-state index is 12.6. The second kappa shape index (κ2) is 9.15. The van der Waals surface area contributed by atoms with E-state index in [1.54, 1.807) is 32.9 Å². The SMILES string of the molecule is COc1ccc(C)cc1NC(=O)[C@H](C)OC(=O)[C@@H]1CCCN1C(=O)OC(C)(C)C. The number of likely N-dealkylation sites (tertiary alicyclic amines) is 1. The number of hydrogen-bond donors (Lipinski definition) is 1. The number of methoxy groups -OCH3 is 1. The van der Waals surface area contributed by atoms with Crippen LogP contribution in [0.5, 0.6) is 5.75 Å². The Morgan fingerprint density at radius 2 is 1.93 bits per heavy atom. The normalized spacial score (nSPS) is 17.4. The first kappa shape index (κ1) is 22.5. The van der Waals surface area contributed by atoms with Crippen molar-refractivity contribution in [2.24, 2.45) is 0 Å². The van der Waals surface area contributed by atoms with Crippen molar-refractivity contribution in [1.29, 1.82) is 0 Å². The summed E-state index contributed by atoms with van der Waals surface area (Å²) in [4.78, 5) is 38.8. The van der Waals surface area contributed by atoms with Crippen molar-refractivity contribution >= 4 is 23.7 Å². The third-order valence-corrected chi connectivity index (χ3v) is 4.43. The van der Waals surface area contributed by atoms with Gasteiger partial charge in [0.05, 0.1) is 12.8 Å². The van der Waals surface area contributed by atoms with Gasteiger partial charge in [0.1, 0.15) is 17.4 Å². The molecule has 2 rings (SSSR count). The van der Waals surface area contributed by atoms with Gasteiger partial charge in [-0.3, -0.25) is 9.69 Å². The minimum atomic E-state index is -1.03. The first-order valence-corrected chi connectivity index (χ1v) is 9.67. The maximum absolute atomic E-state index is 12.6. The van der Waals surface area contributed by atoms with Crippen molar-refractivity contribution in [2.45, 2.75) is 65.2 Å². The summed E-state index contributed by atoms with van der Waals surface area (Å²) in [5, 5.41) is 2.72. The minimum Gasteiger partial charge on any atom is -0.495 e. The maximum Gasteiger partial charge on any atom is 0.411 e. The molecule has 0 spiro atoms. The zero-order valence-corrected chi connectivity index (χ0v) is 17.9. The van der Waals surface area contributed by atoms with E-state index in [1.165, 1.54) is 18.9 Å². The van der Waals surface area contributed by atoms with Gasteiger partial charge in [-0.15, -0.1) is 0 Å². The van der Waals surface area contributed by atoms with Crippen LogP contribution in [0, 0.1) is 6.92 Å². The van der Waals surface area contributed by atoms with Gasteiger partial charge in [-0.1, -0.05) is 6.07 Å². The molecule has 1 heterocycles. The molecule has 1 aromatic carbocycles. The minimum absolute atomic E-state index is 0.412. The first-order chi connectivity index (χ1) is 13.5. The van der Waals surface area contributed by atoms with E-state index in [0.717, 1.165) is 5.56 Å². The van der Waals surface area contributed by atoms with Crippen LogP contribution in [0.25, 0.3) is 0 Å². The number of anilines is 1. The molecule has 1 saturated heterocycles. The zero-order valence-electron chi connectivity index (χ0n) is 17.9. The van der Waals surface area contributed by atoms with Gasteiger partial charge in [0.2, 0.25) is 0 Å². The molecule has 1 N–H and O–H groups in total. The molecule has 1 aromatic rings. The summed E-state index contributed by atoms with van der Waals surface area (Å²) < 4.78 is 15.9. The Labute approximate surface area is 171 Å². The summed E-state index contributed by atoms with van der Waals surface area (Å²) in [5.74, 6) is -0.592. The molecule has 8 nitrogen and oxygen atoms in total. The van der Waals surface area contributed by atoms with E-state index in [9.17, 15) is 14.4 Å². The molecular formula is C21H30N2O6. The van der Waals surface area contributed by atoms with E-state index in [0.29, 0.717) is 30.8 Å². The molecule has 160 valence electrons. The molecular weight excluding hydrogens is 376 g/mol. The molecule has 8 heteroatoms. The highest BCUT2D eigenvalue weighted by Gasteiger charge is 2.38. The van der Waals surface area contributed by atoms with Gasteiger partial charge in [-0.05, 0) is 65.2 Å². The second-order valence-corrected chi connectivity index (χ2v) is 8.10. The standard InChI is InChI=1S/C21H30N2O6/c1-13-9-10-17(27-6)15(12-13)22-18(24)14(2)28-19(25)16-8-7-11-23(16)20(26)29-21(3,4)5/h9-10,12,14,16H,7-8,11H2,1-6H3,(H,22,24)/t14-,16-/m0/s1. The molecule has 2 atom stereocenters. The lowest BCUT2D eigenvalue weighted by Gasteiger charge is -2.28. The van der Waals surface area contributed by atoms with E-state index >= 15 is 0 Å². The Kier molecular flexibility index (Phi) is 7.11. The number of nitrogens with one attached hydrogen (secondary N) is 1. The molecule has 0 aromatic heterocycles. The van der Waals surface area contributed by atoms with E-state index in [-0.39, 0.29) is 0 Å². The summed E-state index contributed by atoms with van der Waals surface area (Å²) in [6.07, 6.45) is -0.453. The van der Waals surface area contributed by atoms with E-state index in [4.69, 9.17) is 14.2 Å². The van der Waals surface area contributed by atoms with Gasteiger partial charge in [0.15, 0.2) is 6.10 Å². The van der Waals surface area contributed by atoms with Crippen molar-refractivity contribution in [3.05, 3.63) is 23.8 Å². The summed E-state index contributed by atoms with van der Waals surface area (Å²) in [6.45, 7) is 9.09. The molecule has 1 aliphatic heterocycles. The zero-order chi connectivity index (χ0) is 21.8. The molecule has 1 fully saturated rings. The molecule has 29 heavy (non-hydrogen) atoms. The van der Waals surface area contributed by atoms with Gasteiger partial charge in [-0.2, -0.15) is 0 Å². The quantitative estimate of drug-likeness (QED) is 0.754. The van der Waals surface area contributed by atoms with Crippen LogP contribution in [0.15, 0.2) is 18.2 Å². The third kappa shape index (κ3) is 6.10. The van der Waals surface area contributed by atoms with Gasteiger partial charge in [0, 0.05) is 6.54 Å². The van der Waals surface area contributed by atoms with Crippen LogP contribution in [-0.4, -0.2) is 54.3 Å². The Bertz CT molecular complexity index is 771.